The Balaban J connectivity index is 2.73. The van der Waals surface area contributed by atoms with E-state index in [4.69, 9.17) is 0 Å². The summed E-state index contributed by atoms with van der Waals surface area (Å²) in [6, 6.07) is 7.94. The fourth-order valence-corrected chi connectivity index (χ4v) is 1.77. The molecule has 0 aliphatic heterocycles. The van der Waals surface area contributed by atoms with Crippen LogP contribution < -0.4 is 10.6 Å². The summed E-state index contributed by atoms with van der Waals surface area (Å²) < 4.78 is 1.02. The summed E-state index contributed by atoms with van der Waals surface area (Å²) in [6.07, 6.45) is 0. The Morgan fingerprint density at radius 3 is 2.59 bits per heavy atom. The van der Waals surface area contributed by atoms with Gasteiger partial charge in [-0.15, -0.1) is 0 Å². The minimum atomic E-state index is -0.555. The van der Waals surface area contributed by atoms with Crippen molar-refractivity contribution in [2.45, 2.75) is 32.4 Å². The van der Waals surface area contributed by atoms with Gasteiger partial charge in [-0.3, -0.25) is 4.79 Å². The fraction of sp³-hybridized carbons (Fsp3) is 0.462. The number of hydrogen-bond donors (Lipinski definition) is 2. The molecular formula is C13H19BrN2O. The summed E-state index contributed by atoms with van der Waals surface area (Å²) >= 11 is 3.42. The number of halogens is 1. The Hall–Kier alpha value is -0.870. The SMILES string of the molecule is CNC(C)(C)C(=O)N[C@H](C)c1cccc(Br)c1. The van der Waals surface area contributed by atoms with Crippen molar-refractivity contribution in [3.63, 3.8) is 0 Å². The van der Waals surface area contributed by atoms with Crippen LogP contribution >= 0.6 is 15.9 Å². The van der Waals surface area contributed by atoms with E-state index in [9.17, 15) is 4.79 Å². The van der Waals surface area contributed by atoms with Crippen molar-refractivity contribution in [2.24, 2.45) is 0 Å². The molecule has 1 rings (SSSR count). The fourth-order valence-electron chi connectivity index (χ4n) is 1.35. The first-order valence-electron chi connectivity index (χ1n) is 5.62. The van der Waals surface area contributed by atoms with Crippen LogP contribution in [0.1, 0.15) is 32.4 Å². The van der Waals surface area contributed by atoms with Gasteiger partial charge in [0.15, 0.2) is 0 Å². The number of carbonyl (C=O) groups excluding carboxylic acids is 1. The highest BCUT2D eigenvalue weighted by molar-refractivity contribution is 9.10. The average Bonchev–Trinajstić information content (AvgIpc) is 2.28. The summed E-state index contributed by atoms with van der Waals surface area (Å²) in [6.45, 7) is 5.69. The van der Waals surface area contributed by atoms with Gasteiger partial charge in [-0.1, -0.05) is 28.1 Å². The largest absolute Gasteiger partial charge is 0.348 e. The van der Waals surface area contributed by atoms with Crippen LogP contribution in [0.4, 0.5) is 0 Å². The van der Waals surface area contributed by atoms with E-state index in [2.05, 4.69) is 26.6 Å². The van der Waals surface area contributed by atoms with E-state index in [-0.39, 0.29) is 11.9 Å². The monoisotopic (exact) mass is 298 g/mol. The lowest BCUT2D eigenvalue weighted by Gasteiger charge is -2.25. The molecule has 0 radical (unpaired) electrons. The Morgan fingerprint density at radius 2 is 2.06 bits per heavy atom. The summed E-state index contributed by atoms with van der Waals surface area (Å²) in [4.78, 5) is 12.0. The third kappa shape index (κ3) is 3.82. The summed E-state index contributed by atoms with van der Waals surface area (Å²) in [5.74, 6) is -0.00697. The number of nitrogens with one attached hydrogen (secondary N) is 2. The van der Waals surface area contributed by atoms with E-state index in [1.54, 1.807) is 7.05 Å². The Kier molecular flexibility index (Phi) is 4.71. The first-order valence-corrected chi connectivity index (χ1v) is 6.41. The first-order chi connectivity index (χ1) is 7.86. The number of likely N-dealkylation sites (N-methyl/N-ethyl adjacent to an activating group) is 1. The van der Waals surface area contributed by atoms with Crippen molar-refractivity contribution in [3.05, 3.63) is 34.3 Å². The molecule has 17 heavy (non-hydrogen) atoms. The predicted octanol–water partition coefficient (Wildman–Crippen LogP) is 2.62. The molecule has 0 bridgehead atoms. The van der Waals surface area contributed by atoms with Gasteiger partial charge in [0.2, 0.25) is 5.91 Å². The quantitative estimate of drug-likeness (QED) is 0.897. The van der Waals surface area contributed by atoms with Gasteiger partial charge >= 0.3 is 0 Å². The maximum absolute atomic E-state index is 12.0. The van der Waals surface area contributed by atoms with E-state index in [0.29, 0.717) is 0 Å². The molecule has 0 aliphatic rings. The molecule has 0 fully saturated rings. The normalized spacial score (nSPS) is 13.2. The minimum absolute atomic E-state index is 0.00683. The van der Waals surface area contributed by atoms with Crippen molar-refractivity contribution >= 4 is 21.8 Å². The van der Waals surface area contributed by atoms with Crippen LogP contribution in [0.3, 0.4) is 0 Å². The van der Waals surface area contributed by atoms with E-state index in [0.717, 1.165) is 10.0 Å². The summed E-state index contributed by atoms with van der Waals surface area (Å²) in [7, 11) is 1.78. The zero-order valence-electron chi connectivity index (χ0n) is 10.7. The summed E-state index contributed by atoms with van der Waals surface area (Å²) in [5.41, 5.74) is 0.528. The van der Waals surface area contributed by atoms with Gasteiger partial charge in [-0.05, 0) is 45.5 Å². The smallest absolute Gasteiger partial charge is 0.240 e. The molecule has 94 valence electrons. The van der Waals surface area contributed by atoms with Crippen molar-refractivity contribution in [1.29, 1.82) is 0 Å². The zero-order valence-corrected chi connectivity index (χ0v) is 12.3. The number of amides is 1. The molecule has 1 atom stereocenters. The van der Waals surface area contributed by atoms with Gasteiger partial charge in [0, 0.05) is 4.47 Å². The van der Waals surface area contributed by atoms with Crippen LogP contribution in [0, 0.1) is 0 Å². The highest BCUT2D eigenvalue weighted by Crippen LogP contribution is 2.18. The van der Waals surface area contributed by atoms with Crippen LogP contribution in [-0.4, -0.2) is 18.5 Å². The maximum atomic E-state index is 12.0. The molecular weight excluding hydrogens is 280 g/mol. The standard InChI is InChI=1S/C13H19BrN2O/c1-9(10-6-5-7-11(14)8-10)16-12(17)13(2,3)15-4/h5-9,15H,1-4H3,(H,16,17)/t9-/m1/s1. The summed E-state index contributed by atoms with van der Waals surface area (Å²) in [5, 5.41) is 5.98. The van der Waals surface area contributed by atoms with Gasteiger partial charge in [-0.25, -0.2) is 0 Å². The molecule has 0 saturated carbocycles. The first kappa shape index (κ1) is 14.2. The third-order valence-corrected chi connectivity index (χ3v) is 3.38. The second kappa shape index (κ2) is 5.65. The Morgan fingerprint density at radius 1 is 1.41 bits per heavy atom. The van der Waals surface area contributed by atoms with Crippen molar-refractivity contribution < 1.29 is 4.79 Å². The van der Waals surface area contributed by atoms with Gasteiger partial charge in [0.05, 0.1) is 11.6 Å². The lowest BCUT2D eigenvalue weighted by atomic mass is 10.0. The van der Waals surface area contributed by atoms with E-state index in [1.165, 1.54) is 0 Å². The van der Waals surface area contributed by atoms with Crippen molar-refractivity contribution in [3.8, 4) is 0 Å². The second-order valence-electron chi connectivity index (χ2n) is 4.63. The number of rotatable bonds is 4. The van der Waals surface area contributed by atoms with Crippen LogP contribution in [0.2, 0.25) is 0 Å². The lowest BCUT2D eigenvalue weighted by molar-refractivity contribution is -0.126. The van der Waals surface area contributed by atoms with Crippen molar-refractivity contribution in [1.82, 2.24) is 10.6 Å². The number of benzene rings is 1. The van der Waals surface area contributed by atoms with Crippen LogP contribution in [0.25, 0.3) is 0 Å². The highest BCUT2D eigenvalue weighted by Gasteiger charge is 2.26. The number of carbonyl (C=O) groups is 1. The lowest BCUT2D eigenvalue weighted by Crippen LogP contribution is -2.51. The molecule has 3 nitrogen and oxygen atoms in total. The molecule has 2 N–H and O–H groups in total. The van der Waals surface area contributed by atoms with Gasteiger partial charge in [0.25, 0.3) is 0 Å². The highest BCUT2D eigenvalue weighted by atomic mass is 79.9. The van der Waals surface area contributed by atoms with Gasteiger partial charge < -0.3 is 10.6 Å². The van der Waals surface area contributed by atoms with Crippen LogP contribution in [0.5, 0.6) is 0 Å². The molecule has 0 unspecified atom stereocenters. The maximum Gasteiger partial charge on any atom is 0.240 e. The topological polar surface area (TPSA) is 41.1 Å². The third-order valence-electron chi connectivity index (χ3n) is 2.89. The minimum Gasteiger partial charge on any atom is -0.348 e. The van der Waals surface area contributed by atoms with Gasteiger partial charge in [0.1, 0.15) is 0 Å². The second-order valence-corrected chi connectivity index (χ2v) is 5.54. The molecule has 0 heterocycles. The average molecular weight is 299 g/mol. The zero-order chi connectivity index (χ0) is 13.1. The molecule has 0 aliphatic carbocycles. The molecule has 0 aromatic heterocycles. The van der Waals surface area contributed by atoms with Crippen LogP contribution in [-0.2, 0) is 4.79 Å². The van der Waals surface area contributed by atoms with E-state index in [1.807, 2.05) is 45.0 Å². The Bertz CT molecular complexity index is 404. The molecule has 4 heteroatoms. The molecule has 1 aromatic carbocycles. The molecule has 1 amide bonds. The predicted molar refractivity (Wildman–Crippen MR) is 73.8 cm³/mol. The van der Waals surface area contributed by atoms with Crippen molar-refractivity contribution in [2.75, 3.05) is 7.05 Å². The number of hydrogen-bond acceptors (Lipinski definition) is 2. The molecule has 1 aromatic rings. The molecule has 0 saturated heterocycles. The van der Waals surface area contributed by atoms with E-state index < -0.39 is 5.54 Å². The molecule has 0 spiro atoms. The van der Waals surface area contributed by atoms with E-state index >= 15 is 0 Å². The van der Waals surface area contributed by atoms with Gasteiger partial charge in [-0.2, -0.15) is 0 Å². The Labute approximate surface area is 111 Å². The van der Waals surface area contributed by atoms with Crippen LogP contribution in [0.15, 0.2) is 28.7 Å².